The van der Waals surface area contributed by atoms with Crippen LogP contribution in [-0.2, 0) is 16.0 Å². The number of amides is 1. The van der Waals surface area contributed by atoms with E-state index in [0.29, 0.717) is 18.4 Å². The number of nitro groups is 1. The van der Waals surface area contributed by atoms with E-state index in [1.807, 2.05) is 0 Å². The van der Waals surface area contributed by atoms with E-state index in [0.717, 1.165) is 10.3 Å². The second-order valence-corrected chi connectivity index (χ2v) is 8.37. The van der Waals surface area contributed by atoms with Gasteiger partial charge in [-0.3, -0.25) is 19.7 Å². The number of aromatic nitrogens is 2. The predicted octanol–water partition coefficient (Wildman–Crippen LogP) is 4.13. The molecular formula is C23H19BrN4O5. The van der Waals surface area contributed by atoms with Gasteiger partial charge in [-0.05, 0) is 30.2 Å². The van der Waals surface area contributed by atoms with Crippen LogP contribution >= 0.6 is 15.9 Å². The summed E-state index contributed by atoms with van der Waals surface area (Å²) in [5.74, 6) is -1.45. The van der Waals surface area contributed by atoms with Crippen molar-refractivity contribution >= 4 is 39.1 Å². The minimum Gasteiger partial charge on any atom is -0.507 e. The Bertz CT molecular complexity index is 1240. The van der Waals surface area contributed by atoms with Gasteiger partial charge in [-0.1, -0.05) is 40.2 Å². The fourth-order valence-corrected chi connectivity index (χ4v) is 4.20. The fraction of sp³-hybridized carbons (Fsp3) is 0.174. The van der Waals surface area contributed by atoms with Crippen molar-refractivity contribution < 1.29 is 19.6 Å². The van der Waals surface area contributed by atoms with Gasteiger partial charge >= 0.3 is 0 Å². The number of hydrogen-bond acceptors (Lipinski definition) is 6. The molecule has 1 aromatic heterocycles. The summed E-state index contributed by atoms with van der Waals surface area (Å²) in [6.45, 7) is 0.236. The van der Waals surface area contributed by atoms with E-state index in [1.165, 1.54) is 29.2 Å². The molecular weight excluding hydrogens is 492 g/mol. The van der Waals surface area contributed by atoms with Crippen LogP contribution < -0.4 is 0 Å². The van der Waals surface area contributed by atoms with Gasteiger partial charge in [0.05, 0.1) is 22.1 Å². The van der Waals surface area contributed by atoms with Crippen molar-refractivity contribution in [2.45, 2.75) is 18.9 Å². The Hall–Kier alpha value is -3.79. The van der Waals surface area contributed by atoms with E-state index in [4.69, 9.17) is 0 Å². The number of rotatable bonds is 7. The summed E-state index contributed by atoms with van der Waals surface area (Å²) in [5, 5.41) is 22.6. The van der Waals surface area contributed by atoms with E-state index in [2.05, 4.69) is 25.9 Å². The van der Waals surface area contributed by atoms with Gasteiger partial charge in [0.15, 0.2) is 0 Å². The number of ketones is 1. The summed E-state index contributed by atoms with van der Waals surface area (Å²) in [4.78, 5) is 45.4. The molecule has 0 aliphatic carbocycles. The summed E-state index contributed by atoms with van der Waals surface area (Å²) >= 11 is 3.37. The number of aryl methyl sites for hydroxylation is 1. The van der Waals surface area contributed by atoms with Crippen molar-refractivity contribution in [3.8, 4) is 0 Å². The van der Waals surface area contributed by atoms with Crippen molar-refractivity contribution in [1.82, 2.24) is 14.9 Å². The number of benzene rings is 2. The number of H-pyrrole nitrogens is 1. The minimum absolute atomic E-state index is 0.113. The Morgan fingerprint density at radius 2 is 1.91 bits per heavy atom. The zero-order valence-electron chi connectivity index (χ0n) is 17.3. The third-order valence-electron chi connectivity index (χ3n) is 5.45. The largest absolute Gasteiger partial charge is 0.507 e. The number of Topliss-reactive ketones (excluding diaryl/α,β-unsaturated/α-hetero) is 1. The number of nitrogens with zero attached hydrogens (tertiary/aromatic N) is 3. The Balaban J connectivity index is 1.78. The lowest BCUT2D eigenvalue weighted by Gasteiger charge is -2.25. The molecule has 10 heteroatoms. The van der Waals surface area contributed by atoms with E-state index < -0.39 is 28.4 Å². The number of likely N-dealkylation sites (tertiary alicyclic amines) is 1. The van der Waals surface area contributed by atoms with Gasteiger partial charge < -0.3 is 15.0 Å². The molecule has 2 heterocycles. The summed E-state index contributed by atoms with van der Waals surface area (Å²) in [6.07, 6.45) is 4.43. The van der Waals surface area contributed by atoms with E-state index in [1.54, 1.807) is 36.7 Å². The van der Waals surface area contributed by atoms with Crippen molar-refractivity contribution in [3.63, 3.8) is 0 Å². The first-order valence-electron chi connectivity index (χ1n) is 10.1. The molecule has 33 heavy (non-hydrogen) atoms. The SMILES string of the molecule is O=C1C(=O)N(CCCc2ncc[nH]2)C(c2ccc(Br)cc2)/C1=C(\O)c1ccccc1[N+](=O)[O-]. The number of halogens is 1. The highest BCUT2D eigenvalue weighted by Crippen LogP contribution is 2.41. The fourth-order valence-electron chi connectivity index (χ4n) is 3.93. The smallest absolute Gasteiger partial charge is 0.295 e. The summed E-state index contributed by atoms with van der Waals surface area (Å²) in [5.41, 5.74) is -0.0306. The van der Waals surface area contributed by atoms with Crippen molar-refractivity contribution in [2.24, 2.45) is 0 Å². The number of aliphatic hydroxyl groups excluding tert-OH is 1. The maximum absolute atomic E-state index is 13.0. The number of imidazole rings is 1. The molecule has 1 unspecified atom stereocenters. The van der Waals surface area contributed by atoms with Crippen LogP contribution in [0.15, 0.2) is 71.0 Å². The Morgan fingerprint density at radius 1 is 1.18 bits per heavy atom. The number of carbonyl (C=O) groups is 2. The molecule has 2 N–H and O–H groups in total. The minimum atomic E-state index is -0.880. The van der Waals surface area contributed by atoms with Crippen LogP contribution in [0.1, 0.15) is 29.4 Å². The lowest BCUT2D eigenvalue weighted by atomic mass is 9.95. The zero-order valence-corrected chi connectivity index (χ0v) is 18.9. The van der Waals surface area contributed by atoms with E-state index >= 15 is 0 Å². The van der Waals surface area contributed by atoms with Gasteiger partial charge in [0.2, 0.25) is 0 Å². The first-order chi connectivity index (χ1) is 15.9. The monoisotopic (exact) mass is 510 g/mol. The highest BCUT2D eigenvalue weighted by atomic mass is 79.9. The number of aliphatic hydroxyl groups is 1. The number of hydrogen-bond donors (Lipinski definition) is 2. The Morgan fingerprint density at radius 3 is 2.58 bits per heavy atom. The number of nitro benzene ring substituents is 1. The molecule has 0 bridgehead atoms. The molecule has 0 saturated carbocycles. The lowest BCUT2D eigenvalue weighted by Crippen LogP contribution is -2.31. The molecule has 0 radical (unpaired) electrons. The first kappa shape index (κ1) is 22.4. The Kier molecular flexibility index (Phi) is 6.36. The summed E-state index contributed by atoms with van der Waals surface area (Å²) < 4.78 is 0.805. The summed E-state index contributed by atoms with van der Waals surface area (Å²) in [7, 11) is 0. The molecule has 1 saturated heterocycles. The van der Waals surface area contributed by atoms with Crippen molar-refractivity contribution in [1.29, 1.82) is 0 Å². The maximum atomic E-state index is 13.0. The molecule has 4 rings (SSSR count). The Labute approximate surface area is 197 Å². The zero-order chi connectivity index (χ0) is 23.5. The molecule has 168 valence electrons. The van der Waals surface area contributed by atoms with Crippen LogP contribution in [0.4, 0.5) is 5.69 Å². The first-order valence-corrected chi connectivity index (χ1v) is 10.9. The second-order valence-electron chi connectivity index (χ2n) is 7.46. The molecule has 1 atom stereocenters. The predicted molar refractivity (Wildman–Crippen MR) is 123 cm³/mol. The van der Waals surface area contributed by atoms with Gasteiger partial charge in [0.25, 0.3) is 17.4 Å². The maximum Gasteiger partial charge on any atom is 0.295 e. The van der Waals surface area contributed by atoms with Crippen molar-refractivity contribution in [3.05, 3.63) is 98.0 Å². The normalized spacial score (nSPS) is 17.5. The van der Waals surface area contributed by atoms with Crippen LogP contribution in [0.5, 0.6) is 0 Å². The number of para-hydroxylation sites is 1. The van der Waals surface area contributed by atoms with Crippen LogP contribution in [0.3, 0.4) is 0 Å². The van der Waals surface area contributed by atoms with E-state index in [9.17, 15) is 24.8 Å². The quantitative estimate of drug-likeness (QED) is 0.161. The number of carbonyl (C=O) groups excluding carboxylic acids is 2. The van der Waals surface area contributed by atoms with Crippen LogP contribution in [0.2, 0.25) is 0 Å². The molecule has 9 nitrogen and oxygen atoms in total. The summed E-state index contributed by atoms with van der Waals surface area (Å²) in [6, 6.07) is 11.7. The molecule has 0 spiro atoms. The second kappa shape index (κ2) is 9.37. The van der Waals surface area contributed by atoms with Gasteiger partial charge in [-0.2, -0.15) is 0 Å². The van der Waals surface area contributed by atoms with E-state index in [-0.39, 0.29) is 23.4 Å². The molecule has 1 amide bonds. The van der Waals surface area contributed by atoms with Crippen LogP contribution in [-0.4, -0.2) is 43.1 Å². The van der Waals surface area contributed by atoms with Crippen molar-refractivity contribution in [2.75, 3.05) is 6.54 Å². The van der Waals surface area contributed by atoms with Gasteiger partial charge in [0, 0.05) is 35.9 Å². The average Bonchev–Trinajstić information content (AvgIpc) is 3.41. The standard InChI is InChI=1S/C23H19BrN4O5/c24-15-9-7-14(8-10-15)20-19(21(29)16-4-1-2-5-17(16)28(32)33)22(30)23(31)27(20)13-3-6-18-25-11-12-26-18/h1-2,4-5,7-12,20,29H,3,6,13H2,(H,25,26)/b21-19+. The molecule has 1 aliphatic rings. The third kappa shape index (κ3) is 4.42. The van der Waals surface area contributed by atoms with Gasteiger partial charge in [0.1, 0.15) is 11.6 Å². The lowest BCUT2D eigenvalue weighted by molar-refractivity contribution is -0.385. The molecule has 1 aliphatic heterocycles. The highest BCUT2D eigenvalue weighted by Gasteiger charge is 2.46. The average molecular weight is 511 g/mol. The number of nitrogens with one attached hydrogen (secondary N) is 1. The van der Waals surface area contributed by atoms with Crippen LogP contribution in [0.25, 0.3) is 5.76 Å². The molecule has 2 aromatic carbocycles. The topological polar surface area (TPSA) is 129 Å². The molecule has 3 aromatic rings. The van der Waals surface area contributed by atoms with Gasteiger partial charge in [-0.15, -0.1) is 0 Å². The highest BCUT2D eigenvalue weighted by molar-refractivity contribution is 9.10. The van der Waals surface area contributed by atoms with Crippen LogP contribution in [0, 0.1) is 10.1 Å². The number of aromatic amines is 1. The van der Waals surface area contributed by atoms with Gasteiger partial charge in [-0.25, -0.2) is 4.98 Å². The third-order valence-corrected chi connectivity index (χ3v) is 5.98. The molecule has 1 fully saturated rings.